The molecule has 1 aromatic carbocycles. The van der Waals surface area contributed by atoms with Crippen molar-refractivity contribution in [3.8, 4) is 0 Å². The van der Waals surface area contributed by atoms with Gasteiger partial charge in [0.1, 0.15) is 0 Å². The van der Waals surface area contributed by atoms with Gasteiger partial charge >= 0.3 is 12.3 Å². The monoisotopic (exact) mass is 177 g/mol. The fraction of sp³-hybridized carbons (Fsp3) is 0.200. The van der Waals surface area contributed by atoms with Gasteiger partial charge in [0.05, 0.1) is 5.56 Å². The number of benzene rings is 1. The van der Waals surface area contributed by atoms with Crippen LogP contribution < -0.4 is 0 Å². The van der Waals surface area contributed by atoms with E-state index in [1.807, 2.05) is 19.1 Å². The van der Waals surface area contributed by atoms with Crippen LogP contribution in [0.4, 0.5) is 0 Å². The third-order valence-electron chi connectivity index (χ3n) is 1.83. The molecule has 67 valence electrons. The summed E-state index contributed by atoms with van der Waals surface area (Å²) in [5.41, 5.74) is 1.32. The SMILES string of the molecule is CCO[C]1OC(=O)c2ccccc21. The third-order valence-corrected chi connectivity index (χ3v) is 1.83. The molecule has 0 amide bonds. The van der Waals surface area contributed by atoms with Gasteiger partial charge in [0, 0.05) is 12.2 Å². The second-order valence-corrected chi connectivity index (χ2v) is 2.66. The van der Waals surface area contributed by atoms with Crippen molar-refractivity contribution in [2.45, 2.75) is 6.92 Å². The number of esters is 1. The van der Waals surface area contributed by atoms with Gasteiger partial charge in [0.15, 0.2) is 0 Å². The molecule has 0 aromatic heterocycles. The lowest BCUT2D eigenvalue weighted by atomic mass is 10.1. The fourth-order valence-corrected chi connectivity index (χ4v) is 1.27. The van der Waals surface area contributed by atoms with Gasteiger partial charge < -0.3 is 9.47 Å². The summed E-state index contributed by atoms with van der Waals surface area (Å²) in [6.07, 6.45) is 0.322. The molecule has 0 N–H and O–H groups in total. The summed E-state index contributed by atoms with van der Waals surface area (Å²) in [6.45, 7) is 2.35. The van der Waals surface area contributed by atoms with E-state index in [4.69, 9.17) is 9.47 Å². The second-order valence-electron chi connectivity index (χ2n) is 2.66. The summed E-state index contributed by atoms with van der Waals surface area (Å²) in [4.78, 5) is 11.2. The van der Waals surface area contributed by atoms with Crippen LogP contribution in [0, 0.1) is 6.29 Å². The molecule has 1 heterocycles. The highest BCUT2D eigenvalue weighted by Gasteiger charge is 2.32. The largest absolute Gasteiger partial charge is 0.417 e. The molecule has 0 fully saturated rings. The summed E-state index contributed by atoms with van der Waals surface area (Å²) < 4.78 is 10.1. The van der Waals surface area contributed by atoms with Gasteiger partial charge in [-0.15, -0.1) is 0 Å². The minimum absolute atomic E-state index is 0.322. The van der Waals surface area contributed by atoms with E-state index < -0.39 is 0 Å². The highest BCUT2D eigenvalue weighted by Crippen LogP contribution is 2.29. The van der Waals surface area contributed by atoms with E-state index >= 15 is 0 Å². The second kappa shape index (κ2) is 3.18. The topological polar surface area (TPSA) is 35.5 Å². The Morgan fingerprint density at radius 3 is 2.69 bits per heavy atom. The predicted octanol–water partition coefficient (Wildman–Crippen LogP) is 1.73. The molecule has 0 saturated heterocycles. The third kappa shape index (κ3) is 1.31. The van der Waals surface area contributed by atoms with Gasteiger partial charge in [-0.1, -0.05) is 18.2 Å². The molecule has 3 nitrogen and oxygen atoms in total. The van der Waals surface area contributed by atoms with E-state index in [1.54, 1.807) is 12.1 Å². The molecule has 0 atom stereocenters. The smallest absolute Gasteiger partial charge is 0.341 e. The maximum atomic E-state index is 11.2. The Kier molecular flexibility index (Phi) is 2.02. The Balaban J connectivity index is 2.36. The number of cyclic esters (lactones) is 1. The van der Waals surface area contributed by atoms with Crippen LogP contribution in [0.1, 0.15) is 22.8 Å². The van der Waals surface area contributed by atoms with Crippen LogP contribution in [-0.2, 0) is 9.47 Å². The lowest BCUT2D eigenvalue weighted by Crippen LogP contribution is -2.04. The quantitative estimate of drug-likeness (QED) is 0.645. The molecule has 1 radical (unpaired) electrons. The van der Waals surface area contributed by atoms with Crippen molar-refractivity contribution in [1.82, 2.24) is 0 Å². The van der Waals surface area contributed by atoms with Gasteiger partial charge in [0.2, 0.25) is 0 Å². The highest BCUT2D eigenvalue weighted by molar-refractivity contribution is 5.95. The van der Waals surface area contributed by atoms with Gasteiger partial charge in [-0.3, -0.25) is 0 Å². The molecule has 1 aliphatic rings. The molecule has 13 heavy (non-hydrogen) atoms. The molecule has 1 aromatic rings. The number of carbonyl (C=O) groups excluding carboxylic acids is 1. The first-order valence-electron chi connectivity index (χ1n) is 4.14. The van der Waals surface area contributed by atoms with E-state index in [1.165, 1.54) is 0 Å². The molecular weight excluding hydrogens is 168 g/mol. The summed E-state index contributed by atoms with van der Waals surface area (Å²) in [6, 6.07) is 7.18. The molecular formula is C10H9O3. The van der Waals surface area contributed by atoms with Crippen LogP contribution in [0.3, 0.4) is 0 Å². The standard InChI is InChI=1S/C10H9O3/c1-2-12-10-8-6-4-3-5-7(8)9(11)13-10/h3-6H,2H2,1H3. The van der Waals surface area contributed by atoms with Crippen molar-refractivity contribution in [2.24, 2.45) is 0 Å². The molecule has 0 aliphatic carbocycles. The molecule has 2 rings (SSSR count). The number of ether oxygens (including phenoxy) is 2. The number of hydrogen-bond donors (Lipinski definition) is 0. The Bertz CT molecular complexity index is 333. The Morgan fingerprint density at radius 1 is 1.31 bits per heavy atom. The average molecular weight is 177 g/mol. The lowest BCUT2D eigenvalue weighted by Gasteiger charge is -2.06. The van der Waals surface area contributed by atoms with Crippen molar-refractivity contribution in [1.29, 1.82) is 0 Å². The van der Waals surface area contributed by atoms with Crippen LogP contribution in [0.15, 0.2) is 24.3 Å². The van der Waals surface area contributed by atoms with E-state index in [0.717, 1.165) is 5.56 Å². The Labute approximate surface area is 76.3 Å². The zero-order valence-corrected chi connectivity index (χ0v) is 7.24. The maximum absolute atomic E-state index is 11.2. The van der Waals surface area contributed by atoms with Gasteiger partial charge in [0.25, 0.3) is 0 Å². The van der Waals surface area contributed by atoms with Crippen LogP contribution >= 0.6 is 0 Å². The first-order valence-corrected chi connectivity index (χ1v) is 4.14. The summed E-state index contributed by atoms with van der Waals surface area (Å²) in [7, 11) is 0. The number of hydrogen-bond acceptors (Lipinski definition) is 3. The van der Waals surface area contributed by atoms with Gasteiger partial charge in [-0.25, -0.2) is 4.79 Å². The molecule has 0 unspecified atom stereocenters. The number of carbonyl (C=O) groups is 1. The molecule has 0 bridgehead atoms. The van der Waals surface area contributed by atoms with Crippen molar-refractivity contribution in [2.75, 3.05) is 6.61 Å². The van der Waals surface area contributed by atoms with Gasteiger partial charge in [-0.05, 0) is 13.0 Å². The lowest BCUT2D eigenvalue weighted by molar-refractivity contribution is 0.00267. The fourth-order valence-electron chi connectivity index (χ4n) is 1.27. The van der Waals surface area contributed by atoms with Crippen molar-refractivity contribution < 1.29 is 14.3 Å². The van der Waals surface area contributed by atoms with E-state index in [9.17, 15) is 4.79 Å². The minimum atomic E-state index is -0.334. The van der Waals surface area contributed by atoms with Gasteiger partial charge in [-0.2, -0.15) is 0 Å². The first-order chi connectivity index (χ1) is 6.33. The molecule has 0 spiro atoms. The van der Waals surface area contributed by atoms with Crippen molar-refractivity contribution in [3.05, 3.63) is 41.7 Å². The summed E-state index contributed by atoms with van der Waals surface area (Å²) in [5.74, 6) is -0.334. The van der Waals surface area contributed by atoms with Crippen LogP contribution in [0.2, 0.25) is 0 Å². The zero-order chi connectivity index (χ0) is 9.26. The number of fused-ring (bicyclic) bond motifs is 1. The summed E-state index contributed by atoms with van der Waals surface area (Å²) >= 11 is 0. The van der Waals surface area contributed by atoms with Crippen molar-refractivity contribution in [3.63, 3.8) is 0 Å². The van der Waals surface area contributed by atoms with E-state index in [0.29, 0.717) is 18.5 Å². The predicted molar refractivity (Wildman–Crippen MR) is 45.8 cm³/mol. The van der Waals surface area contributed by atoms with Crippen LogP contribution in [-0.4, -0.2) is 12.6 Å². The molecule has 3 heteroatoms. The average Bonchev–Trinajstić information content (AvgIpc) is 2.46. The van der Waals surface area contributed by atoms with E-state index in [2.05, 4.69) is 0 Å². The summed E-state index contributed by atoms with van der Waals surface area (Å²) in [5, 5.41) is 0. The normalized spacial score (nSPS) is 15.6. The van der Waals surface area contributed by atoms with Crippen molar-refractivity contribution >= 4 is 5.97 Å². The zero-order valence-electron chi connectivity index (χ0n) is 7.24. The Hall–Kier alpha value is -1.35. The molecule has 0 saturated carbocycles. The van der Waals surface area contributed by atoms with Crippen LogP contribution in [0.25, 0.3) is 0 Å². The highest BCUT2D eigenvalue weighted by atomic mass is 16.7. The maximum Gasteiger partial charge on any atom is 0.341 e. The Morgan fingerprint density at radius 2 is 2.00 bits per heavy atom. The minimum Gasteiger partial charge on any atom is -0.417 e. The van der Waals surface area contributed by atoms with Crippen LogP contribution in [0.5, 0.6) is 0 Å². The first kappa shape index (κ1) is 8.26. The van der Waals surface area contributed by atoms with E-state index in [-0.39, 0.29) is 5.97 Å². The molecule has 1 aliphatic heterocycles. The number of rotatable bonds is 2.